The summed E-state index contributed by atoms with van der Waals surface area (Å²) in [4.78, 5) is 4.30. The molecule has 0 aliphatic rings. The molecule has 1 aromatic carbocycles. The van der Waals surface area contributed by atoms with Crippen molar-refractivity contribution in [3.63, 3.8) is 0 Å². The highest BCUT2D eigenvalue weighted by Crippen LogP contribution is 2.18. The third kappa shape index (κ3) is 3.19. The minimum atomic E-state index is 0.838. The van der Waals surface area contributed by atoms with Gasteiger partial charge in [-0.15, -0.1) is 0 Å². The quantitative estimate of drug-likeness (QED) is 0.859. The van der Waals surface area contributed by atoms with E-state index >= 15 is 0 Å². The third-order valence-electron chi connectivity index (χ3n) is 2.73. The Hall–Kier alpha value is -1.10. The van der Waals surface area contributed by atoms with Crippen molar-refractivity contribution >= 4 is 28.3 Å². The monoisotopic (exact) mass is 338 g/mol. The Morgan fingerprint density at radius 2 is 1.82 bits per heavy atom. The molecule has 2 rings (SSSR count). The highest BCUT2D eigenvalue weighted by molar-refractivity contribution is 14.1. The van der Waals surface area contributed by atoms with Crippen LogP contribution in [0.15, 0.2) is 36.5 Å². The largest absolute Gasteiger partial charge is 0.379 e. The van der Waals surface area contributed by atoms with Crippen molar-refractivity contribution < 1.29 is 0 Å². The zero-order valence-corrected chi connectivity index (χ0v) is 12.2. The van der Waals surface area contributed by atoms with Gasteiger partial charge in [0.2, 0.25) is 0 Å². The molecule has 0 saturated heterocycles. The van der Waals surface area contributed by atoms with Crippen molar-refractivity contribution in [3.8, 4) is 0 Å². The van der Waals surface area contributed by atoms with E-state index in [1.165, 1.54) is 14.7 Å². The van der Waals surface area contributed by atoms with E-state index in [9.17, 15) is 0 Å². The van der Waals surface area contributed by atoms with Crippen molar-refractivity contribution in [1.29, 1.82) is 0 Å². The molecule has 0 bridgehead atoms. The van der Waals surface area contributed by atoms with Crippen LogP contribution in [-0.2, 0) is 6.54 Å². The van der Waals surface area contributed by atoms with Crippen LogP contribution in [0.3, 0.4) is 0 Å². The number of pyridine rings is 1. The Balaban J connectivity index is 2.10. The molecule has 0 radical (unpaired) electrons. The van der Waals surface area contributed by atoms with Gasteiger partial charge in [0, 0.05) is 16.3 Å². The van der Waals surface area contributed by atoms with Gasteiger partial charge in [0.05, 0.1) is 11.4 Å². The number of hydrogen-bond acceptors (Lipinski definition) is 2. The Labute approximate surface area is 116 Å². The normalized spacial score (nSPS) is 10.3. The van der Waals surface area contributed by atoms with Crippen LogP contribution < -0.4 is 5.32 Å². The summed E-state index contributed by atoms with van der Waals surface area (Å²) in [5.41, 5.74) is 4.72. The molecule has 1 aromatic heterocycles. The molecule has 1 heterocycles. The van der Waals surface area contributed by atoms with E-state index in [2.05, 4.69) is 64.1 Å². The summed E-state index contributed by atoms with van der Waals surface area (Å²) < 4.78 is 1.26. The van der Waals surface area contributed by atoms with Crippen LogP contribution in [0.2, 0.25) is 0 Å². The molecule has 88 valence electrons. The smallest absolute Gasteiger partial charge is 0.0606 e. The van der Waals surface area contributed by atoms with Gasteiger partial charge in [-0.3, -0.25) is 4.98 Å². The molecule has 0 atom stereocenters. The third-order valence-corrected chi connectivity index (χ3v) is 3.45. The van der Waals surface area contributed by atoms with Crippen molar-refractivity contribution in [2.45, 2.75) is 20.4 Å². The van der Waals surface area contributed by atoms with Gasteiger partial charge in [-0.1, -0.05) is 12.1 Å². The van der Waals surface area contributed by atoms with Crippen molar-refractivity contribution in [1.82, 2.24) is 4.98 Å². The SMILES string of the molecule is Cc1ccnc(C)c1NCc1ccc(I)cc1. The van der Waals surface area contributed by atoms with Gasteiger partial charge in [0.15, 0.2) is 0 Å². The number of hydrogen-bond donors (Lipinski definition) is 1. The van der Waals surface area contributed by atoms with Crippen LogP contribution >= 0.6 is 22.6 Å². The fourth-order valence-corrected chi connectivity index (χ4v) is 2.11. The van der Waals surface area contributed by atoms with Crippen molar-refractivity contribution in [2.75, 3.05) is 5.32 Å². The highest BCUT2D eigenvalue weighted by Gasteiger charge is 2.02. The summed E-state index contributed by atoms with van der Waals surface area (Å²) in [5.74, 6) is 0. The predicted octanol–water partition coefficient (Wildman–Crippen LogP) is 3.92. The molecular formula is C14H15IN2. The highest BCUT2D eigenvalue weighted by atomic mass is 127. The summed E-state index contributed by atoms with van der Waals surface area (Å²) in [5, 5.41) is 3.45. The minimum Gasteiger partial charge on any atom is -0.379 e. The Morgan fingerprint density at radius 1 is 1.12 bits per heavy atom. The molecule has 1 N–H and O–H groups in total. The lowest BCUT2D eigenvalue weighted by Gasteiger charge is -2.11. The summed E-state index contributed by atoms with van der Waals surface area (Å²) in [6.07, 6.45) is 1.85. The zero-order valence-electron chi connectivity index (χ0n) is 10.00. The fourth-order valence-electron chi connectivity index (χ4n) is 1.75. The molecule has 0 unspecified atom stereocenters. The number of aromatic nitrogens is 1. The molecule has 0 spiro atoms. The van der Waals surface area contributed by atoms with E-state index < -0.39 is 0 Å². The van der Waals surface area contributed by atoms with Crippen LogP contribution in [0.1, 0.15) is 16.8 Å². The molecule has 0 saturated carbocycles. The average molecular weight is 338 g/mol. The maximum atomic E-state index is 4.30. The second-order valence-electron chi connectivity index (χ2n) is 4.07. The van der Waals surface area contributed by atoms with E-state index in [4.69, 9.17) is 0 Å². The lowest BCUT2D eigenvalue weighted by atomic mass is 10.2. The summed E-state index contributed by atoms with van der Waals surface area (Å²) in [6, 6.07) is 10.6. The van der Waals surface area contributed by atoms with Gasteiger partial charge in [0.25, 0.3) is 0 Å². The first-order valence-corrected chi connectivity index (χ1v) is 6.65. The standard InChI is InChI=1S/C14H15IN2/c1-10-7-8-16-11(2)14(10)17-9-12-3-5-13(15)6-4-12/h3-8,17H,9H2,1-2H3. The van der Waals surface area contributed by atoms with Gasteiger partial charge in [0.1, 0.15) is 0 Å². The van der Waals surface area contributed by atoms with Crippen molar-refractivity contribution in [3.05, 3.63) is 56.9 Å². The minimum absolute atomic E-state index is 0.838. The lowest BCUT2D eigenvalue weighted by molar-refractivity contribution is 1.09. The van der Waals surface area contributed by atoms with E-state index in [1.807, 2.05) is 19.2 Å². The van der Waals surface area contributed by atoms with Crippen molar-refractivity contribution in [2.24, 2.45) is 0 Å². The number of nitrogens with zero attached hydrogens (tertiary/aromatic N) is 1. The second-order valence-corrected chi connectivity index (χ2v) is 5.31. The molecule has 0 aliphatic carbocycles. The first kappa shape index (κ1) is 12.4. The summed E-state index contributed by atoms with van der Waals surface area (Å²) in [6.45, 7) is 4.97. The summed E-state index contributed by atoms with van der Waals surface area (Å²) in [7, 11) is 0. The first-order valence-electron chi connectivity index (χ1n) is 5.57. The predicted molar refractivity (Wildman–Crippen MR) is 80.2 cm³/mol. The molecule has 3 heteroatoms. The Morgan fingerprint density at radius 3 is 2.47 bits per heavy atom. The van der Waals surface area contributed by atoms with E-state index in [-0.39, 0.29) is 0 Å². The van der Waals surface area contributed by atoms with Gasteiger partial charge < -0.3 is 5.32 Å². The Kier molecular flexibility index (Phi) is 3.99. The van der Waals surface area contributed by atoms with Crippen LogP contribution in [0.4, 0.5) is 5.69 Å². The number of aryl methyl sites for hydroxylation is 2. The van der Waals surface area contributed by atoms with Crippen LogP contribution in [0.25, 0.3) is 0 Å². The number of anilines is 1. The van der Waals surface area contributed by atoms with E-state index in [0.717, 1.165) is 17.9 Å². The van der Waals surface area contributed by atoms with Crippen LogP contribution in [-0.4, -0.2) is 4.98 Å². The first-order chi connectivity index (χ1) is 8.16. The molecule has 2 aromatic rings. The van der Waals surface area contributed by atoms with Crippen LogP contribution in [0, 0.1) is 17.4 Å². The average Bonchev–Trinajstić information content (AvgIpc) is 2.31. The van der Waals surface area contributed by atoms with Gasteiger partial charge >= 0.3 is 0 Å². The summed E-state index contributed by atoms with van der Waals surface area (Å²) >= 11 is 2.32. The van der Waals surface area contributed by atoms with E-state index in [0.29, 0.717) is 0 Å². The maximum Gasteiger partial charge on any atom is 0.0606 e. The fraction of sp³-hybridized carbons (Fsp3) is 0.214. The number of halogens is 1. The molecule has 0 fully saturated rings. The maximum absolute atomic E-state index is 4.30. The molecular weight excluding hydrogens is 323 g/mol. The topological polar surface area (TPSA) is 24.9 Å². The number of rotatable bonds is 3. The van der Waals surface area contributed by atoms with Crippen LogP contribution in [0.5, 0.6) is 0 Å². The van der Waals surface area contributed by atoms with Gasteiger partial charge in [-0.25, -0.2) is 0 Å². The van der Waals surface area contributed by atoms with Gasteiger partial charge in [-0.05, 0) is 65.8 Å². The number of nitrogens with one attached hydrogen (secondary N) is 1. The molecule has 0 aliphatic heterocycles. The second kappa shape index (κ2) is 5.49. The lowest BCUT2D eigenvalue weighted by Crippen LogP contribution is -2.03. The van der Waals surface area contributed by atoms with E-state index in [1.54, 1.807) is 0 Å². The number of benzene rings is 1. The molecule has 17 heavy (non-hydrogen) atoms. The zero-order chi connectivity index (χ0) is 12.3. The molecule has 0 amide bonds. The van der Waals surface area contributed by atoms with Gasteiger partial charge in [-0.2, -0.15) is 0 Å². The molecule has 2 nitrogen and oxygen atoms in total. The Bertz CT molecular complexity index is 486.